The number of piperazine rings is 1. The molecule has 31 heavy (non-hydrogen) atoms. The number of para-hydroxylation sites is 1. The van der Waals surface area contributed by atoms with Gasteiger partial charge in [-0.15, -0.1) is 24.0 Å². The van der Waals surface area contributed by atoms with E-state index in [1.165, 1.54) is 10.6 Å². The Morgan fingerprint density at radius 1 is 1.19 bits per heavy atom. The van der Waals surface area contributed by atoms with Crippen molar-refractivity contribution in [3.05, 3.63) is 54.1 Å². The molecule has 1 fully saturated rings. The first-order valence-electron chi connectivity index (χ1n) is 9.85. The molecule has 1 saturated heterocycles. The van der Waals surface area contributed by atoms with E-state index in [9.17, 15) is 8.42 Å². The van der Waals surface area contributed by atoms with Gasteiger partial charge in [0.1, 0.15) is 23.4 Å². The molecule has 1 aliphatic rings. The van der Waals surface area contributed by atoms with Gasteiger partial charge < -0.3 is 19.2 Å². The second-order valence-electron chi connectivity index (χ2n) is 7.11. The number of rotatable bonds is 6. The van der Waals surface area contributed by atoms with Crippen LogP contribution in [-0.4, -0.2) is 68.5 Å². The van der Waals surface area contributed by atoms with Crippen LogP contribution in [0.15, 0.2) is 56.6 Å². The first-order chi connectivity index (χ1) is 14.5. The zero-order valence-electron chi connectivity index (χ0n) is 17.2. The molecule has 3 heterocycles. The third kappa shape index (κ3) is 5.77. The first-order valence-corrected chi connectivity index (χ1v) is 11.5. The summed E-state index contributed by atoms with van der Waals surface area (Å²) < 4.78 is 37.2. The summed E-state index contributed by atoms with van der Waals surface area (Å²) in [5.74, 6) is 1.54. The zero-order valence-corrected chi connectivity index (χ0v) is 20.4. The van der Waals surface area contributed by atoms with Crippen molar-refractivity contribution in [2.24, 2.45) is 4.99 Å². The molecule has 168 valence electrons. The van der Waals surface area contributed by atoms with Crippen molar-refractivity contribution in [1.82, 2.24) is 19.7 Å². The highest BCUT2D eigenvalue weighted by Crippen LogP contribution is 2.19. The number of aliphatic imine (C=N–C) groups is 1. The average molecular weight is 559 g/mol. The molecular formula is C20H26IN5O4S. The summed E-state index contributed by atoms with van der Waals surface area (Å²) in [4.78, 5) is 6.41. The summed E-state index contributed by atoms with van der Waals surface area (Å²) in [5.41, 5.74) is 1.31. The molecule has 1 aliphatic heterocycles. The van der Waals surface area contributed by atoms with E-state index >= 15 is 0 Å². The fraction of sp³-hybridized carbons (Fsp3) is 0.400. The third-order valence-electron chi connectivity index (χ3n) is 5.10. The van der Waals surface area contributed by atoms with Crippen LogP contribution in [0, 0.1) is 0 Å². The molecule has 0 bridgehead atoms. The van der Waals surface area contributed by atoms with Gasteiger partial charge in [0.25, 0.3) is 0 Å². The molecular weight excluding hydrogens is 533 g/mol. The SMILES string of the molecule is CN=C(NCCc1cc2ccccc2o1)N1CCN(S(=O)(=O)Cc2ccon2)CC1.I. The number of aromatic nitrogens is 1. The summed E-state index contributed by atoms with van der Waals surface area (Å²) in [6.45, 7) is 2.64. The molecule has 0 saturated carbocycles. The van der Waals surface area contributed by atoms with Gasteiger partial charge in [0, 0.05) is 57.6 Å². The van der Waals surface area contributed by atoms with E-state index in [1.807, 2.05) is 24.3 Å². The van der Waals surface area contributed by atoms with Gasteiger partial charge in [-0.3, -0.25) is 4.99 Å². The molecule has 1 aromatic carbocycles. The van der Waals surface area contributed by atoms with Crippen molar-refractivity contribution in [1.29, 1.82) is 0 Å². The second kappa shape index (κ2) is 10.5. The highest BCUT2D eigenvalue weighted by Gasteiger charge is 2.28. The predicted molar refractivity (Wildman–Crippen MR) is 129 cm³/mol. The minimum Gasteiger partial charge on any atom is -0.461 e. The van der Waals surface area contributed by atoms with E-state index in [4.69, 9.17) is 8.94 Å². The number of hydrogen-bond donors (Lipinski definition) is 1. The van der Waals surface area contributed by atoms with Crippen LogP contribution in [0.2, 0.25) is 0 Å². The molecule has 0 amide bonds. The number of hydrogen-bond acceptors (Lipinski definition) is 6. The average Bonchev–Trinajstić information content (AvgIpc) is 3.40. The maximum absolute atomic E-state index is 12.6. The topological polar surface area (TPSA) is 104 Å². The van der Waals surface area contributed by atoms with Gasteiger partial charge in [-0.2, -0.15) is 4.31 Å². The maximum atomic E-state index is 12.6. The van der Waals surface area contributed by atoms with Crippen molar-refractivity contribution < 1.29 is 17.4 Å². The normalized spacial score (nSPS) is 15.8. The predicted octanol–water partition coefficient (Wildman–Crippen LogP) is 2.30. The van der Waals surface area contributed by atoms with Crippen LogP contribution in [-0.2, 0) is 22.2 Å². The van der Waals surface area contributed by atoms with Gasteiger partial charge in [-0.05, 0) is 12.1 Å². The van der Waals surface area contributed by atoms with Gasteiger partial charge in [-0.25, -0.2) is 8.42 Å². The highest BCUT2D eigenvalue weighted by molar-refractivity contribution is 14.0. The molecule has 0 radical (unpaired) electrons. The Bertz CT molecular complexity index is 1070. The molecule has 11 heteroatoms. The lowest BCUT2D eigenvalue weighted by molar-refractivity contribution is 0.260. The van der Waals surface area contributed by atoms with E-state index in [0.717, 1.165) is 29.1 Å². The van der Waals surface area contributed by atoms with Crippen LogP contribution in [0.1, 0.15) is 11.5 Å². The summed E-state index contributed by atoms with van der Waals surface area (Å²) >= 11 is 0. The van der Waals surface area contributed by atoms with E-state index in [2.05, 4.69) is 26.4 Å². The fourth-order valence-corrected chi connectivity index (χ4v) is 4.98. The Hall–Kier alpha value is -2.12. The molecule has 0 unspecified atom stereocenters. The van der Waals surface area contributed by atoms with Gasteiger partial charge in [0.15, 0.2) is 5.96 Å². The van der Waals surface area contributed by atoms with Gasteiger partial charge in [0.05, 0.1) is 5.69 Å². The van der Waals surface area contributed by atoms with Crippen LogP contribution in [0.3, 0.4) is 0 Å². The quantitative estimate of drug-likeness (QED) is 0.281. The number of nitrogens with zero attached hydrogens (tertiary/aromatic N) is 4. The molecule has 9 nitrogen and oxygen atoms in total. The Morgan fingerprint density at radius 3 is 2.65 bits per heavy atom. The smallest absolute Gasteiger partial charge is 0.220 e. The second-order valence-corrected chi connectivity index (χ2v) is 9.08. The third-order valence-corrected chi connectivity index (χ3v) is 6.91. The summed E-state index contributed by atoms with van der Waals surface area (Å²) in [6, 6.07) is 11.6. The van der Waals surface area contributed by atoms with E-state index in [1.54, 1.807) is 13.1 Å². The van der Waals surface area contributed by atoms with Gasteiger partial charge in [-0.1, -0.05) is 23.4 Å². The summed E-state index contributed by atoms with van der Waals surface area (Å²) in [5, 5.41) is 8.14. The van der Waals surface area contributed by atoms with E-state index in [-0.39, 0.29) is 29.7 Å². The van der Waals surface area contributed by atoms with Crippen LogP contribution < -0.4 is 5.32 Å². The molecule has 3 aromatic rings. The van der Waals surface area contributed by atoms with E-state index in [0.29, 0.717) is 38.4 Å². The number of nitrogens with one attached hydrogen (secondary N) is 1. The lowest BCUT2D eigenvalue weighted by Gasteiger charge is -2.35. The largest absolute Gasteiger partial charge is 0.461 e. The zero-order chi connectivity index (χ0) is 21.0. The fourth-order valence-electron chi connectivity index (χ4n) is 3.56. The van der Waals surface area contributed by atoms with Gasteiger partial charge >= 0.3 is 0 Å². The minimum atomic E-state index is -3.42. The van der Waals surface area contributed by atoms with E-state index < -0.39 is 10.0 Å². The van der Waals surface area contributed by atoms with Gasteiger partial charge in [0.2, 0.25) is 10.0 Å². The standard InChI is InChI=1S/C20H25N5O4S.HI/c1-21-20(22-8-6-18-14-16-4-2-3-5-19(16)29-18)24-9-11-25(12-10-24)30(26,27)15-17-7-13-28-23-17;/h2-5,7,13-14H,6,8-12,15H2,1H3,(H,21,22);1H. The Morgan fingerprint density at radius 2 is 1.97 bits per heavy atom. The lowest BCUT2D eigenvalue weighted by atomic mass is 10.2. The number of fused-ring (bicyclic) bond motifs is 1. The van der Waals surface area contributed by atoms with Crippen molar-refractivity contribution >= 4 is 50.9 Å². The summed E-state index contributed by atoms with van der Waals surface area (Å²) in [6.07, 6.45) is 2.11. The van der Waals surface area contributed by atoms with Crippen molar-refractivity contribution in [3.8, 4) is 0 Å². The molecule has 1 N–H and O–H groups in total. The minimum absolute atomic E-state index is 0. The molecule has 2 aromatic heterocycles. The van der Waals surface area contributed by atoms with Crippen molar-refractivity contribution in [2.75, 3.05) is 39.8 Å². The van der Waals surface area contributed by atoms with Crippen LogP contribution in [0.5, 0.6) is 0 Å². The van der Waals surface area contributed by atoms with Crippen LogP contribution in [0.4, 0.5) is 0 Å². The van der Waals surface area contributed by atoms with Crippen molar-refractivity contribution in [3.63, 3.8) is 0 Å². The maximum Gasteiger partial charge on any atom is 0.220 e. The summed E-state index contributed by atoms with van der Waals surface area (Å²) in [7, 11) is -1.68. The lowest BCUT2D eigenvalue weighted by Crippen LogP contribution is -2.54. The molecule has 4 rings (SSSR count). The monoisotopic (exact) mass is 559 g/mol. The molecule has 0 spiro atoms. The molecule has 0 atom stereocenters. The Kier molecular flexibility index (Phi) is 7.94. The number of guanidine groups is 1. The molecule has 0 aliphatic carbocycles. The number of halogens is 1. The Balaban J connectivity index is 0.00000272. The number of sulfonamides is 1. The van der Waals surface area contributed by atoms with Crippen LogP contribution in [0.25, 0.3) is 11.0 Å². The Labute approximate surface area is 198 Å². The number of furan rings is 1. The number of benzene rings is 1. The van der Waals surface area contributed by atoms with Crippen LogP contribution >= 0.6 is 24.0 Å². The highest BCUT2D eigenvalue weighted by atomic mass is 127. The van der Waals surface area contributed by atoms with Crippen molar-refractivity contribution in [2.45, 2.75) is 12.2 Å². The first kappa shape index (κ1) is 23.5.